The summed E-state index contributed by atoms with van der Waals surface area (Å²) in [6.07, 6.45) is 36.6. The molecule has 0 fully saturated rings. The minimum absolute atomic E-state index is 0.0365. The van der Waals surface area contributed by atoms with Crippen molar-refractivity contribution in [1.82, 2.24) is 5.32 Å². The zero-order valence-corrected chi connectivity index (χ0v) is 27.4. The Hall–Kier alpha value is -2.11. The third kappa shape index (κ3) is 30.8. The molecule has 0 aliphatic rings. The molecule has 0 bridgehead atoms. The van der Waals surface area contributed by atoms with Crippen molar-refractivity contribution in [3.8, 4) is 0 Å². The number of rotatable bonds is 31. The Bertz CT molecular complexity index is 703. The molecule has 0 aliphatic carbocycles. The summed E-state index contributed by atoms with van der Waals surface area (Å²) in [5.74, 6) is -1.34. The minimum Gasteiger partial charge on any atom is -0.480 e. The third-order valence-electron chi connectivity index (χ3n) is 7.61. The summed E-state index contributed by atoms with van der Waals surface area (Å²) in [6.45, 7) is 4.03. The highest BCUT2D eigenvalue weighted by Gasteiger charge is 2.13. The van der Waals surface area contributed by atoms with Crippen LogP contribution in [-0.2, 0) is 19.1 Å². The maximum Gasteiger partial charge on any atom is 0.322 e. The lowest BCUT2D eigenvalue weighted by atomic mass is 10.0. The van der Waals surface area contributed by atoms with Gasteiger partial charge in [0, 0.05) is 12.8 Å². The quantitative estimate of drug-likeness (QED) is 0.0475. The van der Waals surface area contributed by atoms with Crippen molar-refractivity contribution in [1.29, 1.82) is 0 Å². The first-order chi connectivity index (χ1) is 20.5. The number of carboxylic acid groups (broad SMARTS) is 1. The Kier molecular flexibility index (Phi) is 30.2. The summed E-state index contributed by atoms with van der Waals surface area (Å²) in [5, 5.41) is 11.0. The zero-order valence-electron chi connectivity index (χ0n) is 27.4. The van der Waals surface area contributed by atoms with Gasteiger partial charge >= 0.3 is 11.9 Å². The van der Waals surface area contributed by atoms with Gasteiger partial charge in [-0.15, -0.1) is 0 Å². The lowest BCUT2D eigenvalue weighted by Gasteiger charge is -2.17. The van der Waals surface area contributed by atoms with E-state index in [1.54, 1.807) is 0 Å². The molecule has 0 spiro atoms. The lowest BCUT2D eigenvalue weighted by molar-refractivity contribution is -0.150. The molecule has 0 aromatic heterocycles. The Balaban J connectivity index is 3.58. The molecule has 42 heavy (non-hydrogen) atoms. The van der Waals surface area contributed by atoms with Crippen molar-refractivity contribution in [2.75, 3.05) is 6.54 Å². The molecule has 0 rings (SSSR count). The van der Waals surface area contributed by atoms with Crippen LogP contribution in [0.3, 0.4) is 0 Å². The SMILES string of the molecule is CCCCCCC/C=C\C/C=C\CCCCCCCCCCCC(=O)OC(CCC)CCCCCC(=O)NCC(=O)O. The second-order valence-corrected chi connectivity index (χ2v) is 11.8. The number of carboxylic acids is 1. The van der Waals surface area contributed by atoms with E-state index in [9.17, 15) is 14.4 Å². The van der Waals surface area contributed by atoms with E-state index in [1.807, 2.05) is 0 Å². The third-order valence-corrected chi connectivity index (χ3v) is 7.61. The first kappa shape index (κ1) is 39.9. The van der Waals surface area contributed by atoms with Crippen LogP contribution >= 0.6 is 0 Å². The summed E-state index contributed by atoms with van der Waals surface area (Å²) in [4.78, 5) is 34.3. The largest absolute Gasteiger partial charge is 0.480 e. The first-order valence-corrected chi connectivity index (χ1v) is 17.5. The van der Waals surface area contributed by atoms with Crippen LogP contribution in [0.25, 0.3) is 0 Å². The van der Waals surface area contributed by atoms with Crippen LogP contribution in [0.2, 0.25) is 0 Å². The smallest absolute Gasteiger partial charge is 0.322 e. The Morgan fingerprint density at radius 3 is 1.71 bits per heavy atom. The van der Waals surface area contributed by atoms with E-state index in [2.05, 4.69) is 43.5 Å². The number of esters is 1. The number of hydrogen-bond donors (Lipinski definition) is 2. The molecule has 0 aromatic carbocycles. The van der Waals surface area contributed by atoms with Crippen LogP contribution in [0.15, 0.2) is 24.3 Å². The number of amides is 1. The van der Waals surface area contributed by atoms with Gasteiger partial charge in [-0.1, -0.05) is 122 Å². The molecule has 0 radical (unpaired) electrons. The van der Waals surface area contributed by atoms with Crippen LogP contribution in [0.1, 0.15) is 174 Å². The number of hydrogen-bond acceptors (Lipinski definition) is 4. The van der Waals surface area contributed by atoms with Crippen molar-refractivity contribution in [2.24, 2.45) is 0 Å². The number of carbonyl (C=O) groups excluding carboxylic acids is 2. The van der Waals surface area contributed by atoms with Crippen molar-refractivity contribution in [2.45, 2.75) is 180 Å². The van der Waals surface area contributed by atoms with E-state index in [4.69, 9.17) is 9.84 Å². The van der Waals surface area contributed by atoms with Gasteiger partial charge in [0.25, 0.3) is 0 Å². The number of aliphatic carboxylic acids is 1. The molecule has 0 heterocycles. The molecule has 2 N–H and O–H groups in total. The standard InChI is InChI=1S/C36H65NO5/c1-3-5-6-7-8-9-10-11-12-13-14-15-16-17-18-19-20-21-22-23-27-31-36(41)42-33(28-4-2)29-25-24-26-30-34(38)37-32-35(39)40/h10-11,13-14,33H,3-9,12,15-32H2,1-2H3,(H,37,38)(H,39,40)/b11-10-,14-13-. The van der Waals surface area contributed by atoms with Gasteiger partial charge < -0.3 is 15.2 Å². The van der Waals surface area contributed by atoms with Gasteiger partial charge in [0.05, 0.1) is 0 Å². The molecule has 1 amide bonds. The van der Waals surface area contributed by atoms with Gasteiger partial charge in [0.2, 0.25) is 5.91 Å². The van der Waals surface area contributed by atoms with E-state index in [1.165, 1.54) is 89.9 Å². The molecule has 6 nitrogen and oxygen atoms in total. The Labute approximate surface area is 258 Å². The van der Waals surface area contributed by atoms with Crippen molar-refractivity contribution in [3.05, 3.63) is 24.3 Å². The average molecular weight is 592 g/mol. The van der Waals surface area contributed by atoms with Crippen LogP contribution in [0.5, 0.6) is 0 Å². The normalized spacial score (nSPS) is 12.2. The average Bonchev–Trinajstić information content (AvgIpc) is 2.96. The van der Waals surface area contributed by atoms with Gasteiger partial charge in [0.15, 0.2) is 0 Å². The molecular weight excluding hydrogens is 526 g/mol. The second kappa shape index (κ2) is 31.8. The topological polar surface area (TPSA) is 92.7 Å². The summed E-state index contributed by atoms with van der Waals surface area (Å²) >= 11 is 0. The predicted molar refractivity (Wildman–Crippen MR) is 176 cm³/mol. The predicted octanol–water partition coefficient (Wildman–Crippen LogP) is 10.0. The van der Waals surface area contributed by atoms with Gasteiger partial charge in [-0.2, -0.15) is 0 Å². The van der Waals surface area contributed by atoms with E-state index in [0.29, 0.717) is 19.3 Å². The van der Waals surface area contributed by atoms with Crippen LogP contribution < -0.4 is 5.32 Å². The highest BCUT2D eigenvalue weighted by Crippen LogP contribution is 2.16. The fraction of sp³-hybridized carbons (Fsp3) is 0.806. The van der Waals surface area contributed by atoms with Gasteiger partial charge in [-0.3, -0.25) is 14.4 Å². The highest BCUT2D eigenvalue weighted by atomic mass is 16.5. The molecule has 0 aromatic rings. The first-order valence-electron chi connectivity index (χ1n) is 17.5. The van der Waals surface area contributed by atoms with Crippen LogP contribution in [-0.4, -0.2) is 35.6 Å². The molecule has 244 valence electrons. The van der Waals surface area contributed by atoms with E-state index in [-0.39, 0.29) is 24.5 Å². The number of allylic oxidation sites excluding steroid dienone is 4. The second-order valence-electron chi connectivity index (χ2n) is 11.8. The minimum atomic E-state index is -1.03. The summed E-state index contributed by atoms with van der Waals surface area (Å²) < 4.78 is 5.74. The van der Waals surface area contributed by atoms with E-state index < -0.39 is 5.97 Å². The van der Waals surface area contributed by atoms with Gasteiger partial charge in [0.1, 0.15) is 12.6 Å². The molecule has 1 unspecified atom stereocenters. The number of carbonyl (C=O) groups is 3. The molecular formula is C36H65NO5. The maximum atomic E-state index is 12.3. The maximum absolute atomic E-state index is 12.3. The number of unbranched alkanes of at least 4 members (excludes halogenated alkanes) is 16. The summed E-state index contributed by atoms with van der Waals surface area (Å²) in [6, 6.07) is 0. The zero-order chi connectivity index (χ0) is 30.9. The van der Waals surface area contributed by atoms with Gasteiger partial charge in [-0.05, 0) is 64.2 Å². The molecule has 6 heteroatoms. The van der Waals surface area contributed by atoms with Crippen molar-refractivity contribution < 1.29 is 24.2 Å². The molecule has 0 aliphatic heterocycles. The van der Waals surface area contributed by atoms with Gasteiger partial charge in [-0.25, -0.2) is 0 Å². The molecule has 1 atom stereocenters. The Morgan fingerprint density at radius 2 is 1.14 bits per heavy atom. The fourth-order valence-corrected chi connectivity index (χ4v) is 5.07. The van der Waals surface area contributed by atoms with Crippen LogP contribution in [0, 0.1) is 0 Å². The summed E-state index contributed by atoms with van der Waals surface area (Å²) in [5.41, 5.74) is 0. The highest BCUT2D eigenvalue weighted by molar-refractivity contribution is 5.80. The van der Waals surface area contributed by atoms with E-state index >= 15 is 0 Å². The van der Waals surface area contributed by atoms with Crippen molar-refractivity contribution >= 4 is 17.8 Å². The molecule has 0 saturated carbocycles. The number of nitrogens with one attached hydrogen (secondary N) is 1. The fourth-order valence-electron chi connectivity index (χ4n) is 5.07. The lowest BCUT2D eigenvalue weighted by Crippen LogP contribution is -2.28. The monoisotopic (exact) mass is 591 g/mol. The Morgan fingerprint density at radius 1 is 0.619 bits per heavy atom. The van der Waals surface area contributed by atoms with Crippen molar-refractivity contribution in [3.63, 3.8) is 0 Å². The summed E-state index contributed by atoms with van der Waals surface area (Å²) in [7, 11) is 0. The van der Waals surface area contributed by atoms with Crippen LogP contribution in [0.4, 0.5) is 0 Å². The number of ether oxygens (including phenoxy) is 1. The van der Waals surface area contributed by atoms with E-state index in [0.717, 1.165) is 51.4 Å². The molecule has 0 saturated heterocycles.